The second-order valence-electron chi connectivity index (χ2n) is 6.11. The van der Waals surface area contributed by atoms with Crippen molar-refractivity contribution in [1.82, 2.24) is 9.80 Å². The van der Waals surface area contributed by atoms with Gasteiger partial charge in [0.05, 0.1) is 5.75 Å². The van der Waals surface area contributed by atoms with E-state index in [0.717, 1.165) is 0 Å². The molecule has 2 amide bonds. The number of halogens is 1. The molecule has 0 N–H and O–H groups in total. The summed E-state index contributed by atoms with van der Waals surface area (Å²) in [5, 5.41) is 2.06. The lowest BCUT2D eigenvalue weighted by molar-refractivity contribution is -0.128. The van der Waals surface area contributed by atoms with Crippen LogP contribution >= 0.6 is 23.1 Å². The normalized spacial score (nSPS) is 17.0. The summed E-state index contributed by atoms with van der Waals surface area (Å²) in [6, 6.07) is 7.78. The Morgan fingerprint density at radius 2 is 2.19 bits per heavy atom. The third-order valence-electron chi connectivity index (χ3n) is 4.45. The first-order valence-corrected chi connectivity index (χ1v) is 10.4. The van der Waals surface area contributed by atoms with Crippen molar-refractivity contribution in [3.63, 3.8) is 0 Å². The van der Waals surface area contributed by atoms with Crippen molar-refractivity contribution in [2.45, 2.75) is 19.2 Å². The Kier molecular flexibility index (Phi) is 5.98. The van der Waals surface area contributed by atoms with Gasteiger partial charge in [-0.25, -0.2) is 4.39 Å². The highest BCUT2D eigenvalue weighted by Gasteiger charge is 2.34. The molecule has 26 heavy (non-hydrogen) atoms. The highest BCUT2D eigenvalue weighted by atomic mass is 32.2. The Balaban J connectivity index is 1.70. The standard InChI is InChI=1S/C19H21FN2O2S2/c1-3-21(18(24)14-5-4-6-15(20)11-14)8-9-22-16(23)12-26-19(22)17-13(2)7-10-25-17/h4-7,10-11,19H,3,8-9,12H2,1-2H3. The molecule has 1 aliphatic heterocycles. The van der Waals surface area contributed by atoms with E-state index >= 15 is 0 Å². The maximum absolute atomic E-state index is 13.4. The lowest BCUT2D eigenvalue weighted by Crippen LogP contribution is -2.40. The Labute approximate surface area is 161 Å². The third-order valence-corrected chi connectivity index (χ3v) is 6.89. The summed E-state index contributed by atoms with van der Waals surface area (Å²) in [4.78, 5) is 29.7. The molecule has 138 valence electrons. The van der Waals surface area contributed by atoms with Gasteiger partial charge in [0.1, 0.15) is 11.2 Å². The lowest BCUT2D eigenvalue weighted by atomic mass is 10.2. The molecular weight excluding hydrogens is 371 g/mol. The number of carbonyl (C=O) groups is 2. The van der Waals surface area contributed by atoms with Crippen molar-refractivity contribution in [1.29, 1.82) is 0 Å². The number of carbonyl (C=O) groups excluding carboxylic acids is 2. The Hall–Kier alpha value is -1.86. The number of rotatable bonds is 6. The summed E-state index contributed by atoms with van der Waals surface area (Å²) < 4.78 is 13.4. The monoisotopic (exact) mass is 392 g/mol. The van der Waals surface area contributed by atoms with Crippen LogP contribution in [0.25, 0.3) is 0 Å². The molecule has 0 bridgehead atoms. The molecule has 1 fully saturated rings. The van der Waals surface area contributed by atoms with Gasteiger partial charge in [0.15, 0.2) is 0 Å². The zero-order valence-corrected chi connectivity index (χ0v) is 16.4. The van der Waals surface area contributed by atoms with E-state index in [1.165, 1.54) is 28.6 Å². The van der Waals surface area contributed by atoms with E-state index in [4.69, 9.17) is 0 Å². The second kappa shape index (κ2) is 8.22. The molecule has 2 aromatic rings. The van der Waals surface area contributed by atoms with Crippen molar-refractivity contribution in [3.8, 4) is 0 Å². The van der Waals surface area contributed by atoms with Crippen LogP contribution in [0.15, 0.2) is 35.7 Å². The fraction of sp³-hybridized carbons (Fsp3) is 0.368. The number of thioether (sulfide) groups is 1. The lowest BCUT2D eigenvalue weighted by Gasteiger charge is -2.28. The van der Waals surface area contributed by atoms with Crippen LogP contribution in [0, 0.1) is 12.7 Å². The molecule has 1 aliphatic rings. The number of nitrogens with zero attached hydrogens (tertiary/aromatic N) is 2. The van der Waals surface area contributed by atoms with Crippen LogP contribution in [-0.4, -0.2) is 47.0 Å². The van der Waals surface area contributed by atoms with Gasteiger partial charge in [-0.1, -0.05) is 6.07 Å². The van der Waals surface area contributed by atoms with E-state index in [2.05, 4.69) is 13.0 Å². The van der Waals surface area contributed by atoms with Crippen molar-refractivity contribution in [2.75, 3.05) is 25.4 Å². The van der Waals surface area contributed by atoms with E-state index in [1.54, 1.807) is 34.1 Å². The van der Waals surface area contributed by atoms with Crippen molar-refractivity contribution < 1.29 is 14.0 Å². The minimum atomic E-state index is -0.425. The zero-order chi connectivity index (χ0) is 18.7. The van der Waals surface area contributed by atoms with Gasteiger partial charge in [0.2, 0.25) is 5.91 Å². The first-order chi connectivity index (χ1) is 12.5. The smallest absolute Gasteiger partial charge is 0.254 e. The topological polar surface area (TPSA) is 40.6 Å². The van der Waals surface area contributed by atoms with Gasteiger partial charge < -0.3 is 9.80 Å². The molecule has 4 nitrogen and oxygen atoms in total. The summed E-state index contributed by atoms with van der Waals surface area (Å²) in [6.45, 7) is 5.35. The molecule has 1 atom stereocenters. The Morgan fingerprint density at radius 3 is 2.85 bits per heavy atom. The summed E-state index contributed by atoms with van der Waals surface area (Å²) in [5.41, 5.74) is 1.52. The molecule has 0 spiro atoms. The molecule has 0 aliphatic carbocycles. The number of benzene rings is 1. The first kappa shape index (κ1) is 18.9. The maximum Gasteiger partial charge on any atom is 0.254 e. The van der Waals surface area contributed by atoms with Crippen LogP contribution < -0.4 is 0 Å². The molecule has 3 rings (SSSR count). The van der Waals surface area contributed by atoms with Crippen molar-refractivity contribution >= 4 is 34.9 Å². The van der Waals surface area contributed by atoms with E-state index < -0.39 is 5.82 Å². The molecule has 0 saturated carbocycles. The highest BCUT2D eigenvalue weighted by molar-refractivity contribution is 8.00. The summed E-state index contributed by atoms with van der Waals surface area (Å²) in [5.74, 6) is -0.0742. The summed E-state index contributed by atoms with van der Waals surface area (Å²) >= 11 is 3.29. The SMILES string of the molecule is CCN(CCN1C(=O)CSC1c1sccc1C)C(=O)c1cccc(F)c1. The minimum Gasteiger partial charge on any atom is -0.337 e. The van der Waals surface area contributed by atoms with Crippen LogP contribution in [0.2, 0.25) is 0 Å². The summed E-state index contributed by atoms with van der Waals surface area (Å²) in [7, 11) is 0. The Morgan fingerprint density at radius 1 is 1.38 bits per heavy atom. The van der Waals surface area contributed by atoms with Gasteiger partial charge in [0, 0.05) is 30.1 Å². The molecule has 1 aromatic heterocycles. The molecule has 1 aromatic carbocycles. The molecule has 0 radical (unpaired) electrons. The van der Waals surface area contributed by atoms with Gasteiger partial charge in [-0.05, 0) is 49.1 Å². The average molecular weight is 393 g/mol. The van der Waals surface area contributed by atoms with Crippen LogP contribution in [0.4, 0.5) is 4.39 Å². The average Bonchev–Trinajstić information content (AvgIpc) is 3.21. The first-order valence-electron chi connectivity index (χ1n) is 8.51. The number of thiophene rings is 1. The molecule has 7 heteroatoms. The molecular formula is C19H21FN2O2S2. The number of aryl methyl sites for hydroxylation is 1. The number of hydrogen-bond donors (Lipinski definition) is 0. The number of likely N-dealkylation sites (N-methyl/N-ethyl adjacent to an activating group) is 1. The summed E-state index contributed by atoms with van der Waals surface area (Å²) in [6.07, 6.45) is 0. The Bertz CT molecular complexity index is 808. The van der Waals surface area contributed by atoms with Gasteiger partial charge >= 0.3 is 0 Å². The van der Waals surface area contributed by atoms with Gasteiger partial charge in [-0.3, -0.25) is 9.59 Å². The van der Waals surface area contributed by atoms with Crippen LogP contribution in [0.5, 0.6) is 0 Å². The van der Waals surface area contributed by atoms with E-state index in [0.29, 0.717) is 31.0 Å². The fourth-order valence-electron chi connectivity index (χ4n) is 2.99. The molecule has 2 heterocycles. The van der Waals surface area contributed by atoms with Crippen LogP contribution in [-0.2, 0) is 4.79 Å². The van der Waals surface area contributed by atoms with E-state index in [1.807, 2.05) is 17.2 Å². The van der Waals surface area contributed by atoms with Crippen LogP contribution in [0.1, 0.15) is 33.1 Å². The quantitative estimate of drug-likeness (QED) is 0.748. The van der Waals surface area contributed by atoms with Gasteiger partial charge in [0.25, 0.3) is 5.91 Å². The van der Waals surface area contributed by atoms with Gasteiger partial charge in [-0.15, -0.1) is 23.1 Å². The largest absolute Gasteiger partial charge is 0.337 e. The highest BCUT2D eigenvalue weighted by Crippen LogP contribution is 2.42. The van der Waals surface area contributed by atoms with Gasteiger partial charge in [-0.2, -0.15) is 0 Å². The number of amides is 2. The predicted octanol–water partition coefficient (Wildman–Crippen LogP) is 3.93. The van der Waals surface area contributed by atoms with Crippen molar-refractivity contribution in [3.05, 3.63) is 57.5 Å². The maximum atomic E-state index is 13.4. The van der Waals surface area contributed by atoms with Crippen LogP contribution in [0.3, 0.4) is 0 Å². The second-order valence-corrected chi connectivity index (χ2v) is 8.13. The zero-order valence-electron chi connectivity index (χ0n) is 14.8. The fourth-order valence-corrected chi connectivity index (χ4v) is 5.48. The van der Waals surface area contributed by atoms with E-state index in [9.17, 15) is 14.0 Å². The minimum absolute atomic E-state index is 0.0190. The molecule has 1 saturated heterocycles. The number of hydrogen-bond acceptors (Lipinski definition) is 4. The van der Waals surface area contributed by atoms with Crippen molar-refractivity contribution in [2.24, 2.45) is 0 Å². The third kappa shape index (κ3) is 3.94. The predicted molar refractivity (Wildman–Crippen MR) is 104 cm³/mol. The van der Waals surface area contributed by atoms with E-state index in [-0.39, 0.29) is 17.2 Å². The molecule has 1 unspecified atom stereocenters.